The minimum atomic E-state index is -0.0612. The molecule has 0 bridgehead atoms. The van der Waals surface area contributed by atoms with Gasteiger partial charge in [-0.15, -0.1) is 0 Å². The summed E-state index contributed by atoms with van der Waals surface area (Å²) in [6.07, 6.45) is 6.52. The summed E-state index contributed by atoms with van der Waals surface area (Å²) in [4.78, 5) is 13.6. The van der Waals surface area contributed by atoms with Crippen molar-refractivity contribution >= 4 is 11.3 Å². The SMILES string of the molecule is CC1CCc2c(sc(=O)n2CCOC2CCCCO2)C1. The molecule has 1 aromatic rings. The first-order valence-corrected chi connectivity index (χ1v) is 8.50. The van der Waals surface area contributed by atoms with E-state index in [9.17, 15) is 4.79 Å². The number of ether oxygens (including phenoxy) is 2. The molecule has 112 valence electrons. The maximum absolute atomic E-state index is 12.1. The van der Waals surface area contributed by atoms with Gasteiger partial charge in [-0.1, -0.05) is 18.3 Å². The van der Waals surface area contributed by atoms with E-state index >= 15 is 0 Å². The highest BCUT2D eigenvalue weighted by molar-refractivity contribution is 7.09. The molecule has 0 saturated carbocycles. The van der Waals surface area contributed by atoms with Gasteiger partial charge >= 0.3 is 4.87 Å². The van der Waals surface area contributed by atoms with Crippen LogP contribution in [-0.2, 0) is 28.9 Å². The molecule has 1 saturated heterocycles. The molecule has 0 amide bonds. The monoisotopic (exact) mass is 297 g/mol. The Balaban J connectivity index is 1.59. The lowest BCUT2D eigenvalue weighted by molar-refractivity contribution is -0.163. The van der Waals surface area contributed by atoms with Crippen LogP contribution in [0, 0.1) is 5.92 Å². The number of aromatic nitrogens is 1. The number of thiazole rings is 1. The van der Waals surface area contributed by atoms with Gasteiger partial charge < -0.3 is 14.0 Å². The van der Waals surface area contributed by atoms with Crippen LogP contribution in [-0.4, -0.2) is 24.1 Å². The molecule has 2 atom stereocenters. The molecular weight excluding hydrogens is 274 g/mol. The van der Waals surface area contributed by atoms with Crippen molar-refractivity contribution in [2.45, 2.75) is 58.3 Å². The van der Waals surface area contributed by atoms with Crippen LogP contribution in [0.25, 0.3) is 0 Å². The lowest BCUT2D eigenvalue weighted by Gasteiger charge is -2.23. The number of hydrogen-bond acceptors (Lipinski definition) is 4. The topological polar surface area (TPSA) is 40.5 Å². The average Bonchev–Trinajstić information content (AvgIpc) is 2.75. The Morgan fingerprint density at radius 3 is 3.10 bits per heavy atom. The van der Waals surface area contributed by atoms with E-state index in [0.717, 1.165) is 32.3 Å². The fourth-order valence-electron chi connectivity index (χ4n) is 3.06. The molecule has 2 aliphatic rings. The molecule has 1 aliphatic heterocycles. The van der Waals surface area contributed by atoms with Gasteiger partial charge in [-0.05, 0) is 44.4 Å². The van der Waals surface area contributed by atoms with Gasteiger partial charge in [0.05, 0.1) is 13.2 Å². The molecule has 0 spiro atoms. The Labute approximate surface area is 123 Å². The highest BCUT2D eigenvalue weighted by Gasteiger charge is 2.22. The Hall–Kier alpha value is -0.650. The second-order valence-electron chi connectivity index (χ2n) is 5.90. The van der Waals surface area contributed by atoms with Crippen molar-refractivity contribution in [1.82, 2.24) is 4.57 Å². The Bertz CT molecular complexity index is 502. The Morgan fingerprint density at radius 1 is 1.40 bits per heavy atom. The summed E-state index contributed by atoms with van der Waals surface area (Å²) in [5.41, 5.74) is 1.26. The van der Waals surface area contributed by atoms with Gasteiger partial charge in [0.2, 0.25) is 0 Å². The molecule has 0 aromatic carbocycles. The molecule has 0 N–H and O–H groups in total. The maximum atomic E-state index is 12.1. The van der Waals surface area contributed by atoms with Crippen LogP contribution in [0.15, 0.2) is 4.79 Å². The highest BCUT2D eigenvalue weighted by Crippen LogP contribution is 2.27. The van der Waals surface area contributed by atoms with E-state index in [1.54, 1.807) is 0 Å². The van der Waals surface area contributed by atoms with E-state index in [4.69, 9.17) is 9.47 Å². The zero-order valence-corrected chi connectivity index (χ0v) is 12.9. The van der Waals surface area contributed by atoms with Crippen LogP contribution in [0.2, 0.25) is 0 Å². The Morgan fingerprint density at radius 2 is 2.30 bits per heavy atom. The van der Waals surface area contributed by atoms with Crippen LogP contribution in [0.4, 0.5) is 0 Å². The molecule has 0 radical (unpaired) electrons. The molecule has 20 heavy (non-hydrogen) atoms. The lowest BCUT2D eigenvalue weighted by atomic mass is 9.93. The number of rotatable bonds is 4. The van der Waals surface area contributed by atoms with E-state index in [-0.39, 0.29) is 11.2 Å². The highest BCUT2D eigenvalue weighted by atomic mass is 32.1. The second kappa shape index (κ2) is 6.41. The predicted molar refractivity (Wildman–Crippen MR) is 79.3 cm³/mol. The smallest absolute Gasteiger partial charge is 0.307 e. The first kappa shape index (κ1) is 14.3. The first-order chi connectivity index (χ1) is 9.74. The normalized spacial score (nSPS) is 26.4. The summed E-state index contributed by atoms with van der Waals surface area (Å²) >= 11 is 1.43. The van der Waals surface area contributed by atoms with Gasteiger partial charge in [0.15, 0.2) is 6.29 Å². The third-order valence-electron chi connectivity index (χ3n) is 4.24. The molecule has 1 aromatic heterocycles. The number of hydrogen-bond donors (Lipinski definition) is 0. The molecule has 2 heterocycles. The van der Waals surface area contributed by atoms with E-state index in [2.05, 4.69) is 6.92 Å². The quantitative estimate of drug-likeness (QED) is 0.857. The second-order valence-corrected chi connectivity index (χ2v) is 6.95. The summed E-state index contributed by atoms with van der Waals surface area (Å²) in [5, 5.41) is 0. The third kappa shape index (κ3) is 3.15. The van der Waals surface area contributed by atoms with Gasteiger partial charge in [0.25, 0.3) is 0 Å². The van der Waals surface area contributed by atoms with Crippen LogP contribution in [0.1, 0.15) is 43.2 Å². The largest absolute Gasteiger partial charge is 0.353 e. The maximum Gasteiger partial charge on any atom is 0.307 e. The van der Waals surface area contributed by atoms with Crippen molar-refractivity contribution in [3.05, 3.63) is 20.2 Å². The minimum absolute atomic E-state index is 0.0612. The van der Waals surface area contributed by atoms with E-state index in [1.807, 2.05) is 4.57 Å². The molecule has 3 rings (SSSR count). The lowest BCUT2D eigenvalue weighted by Crippen LogP contribution is -2.26. The summed E-state index contributed by atoms with van der Waals surface area (Å²) < 4.78 is 13.2. The van der Waals surface area contributed by atoms with Crippen molar-refractivity contribution in [2.24, 2.45) is 5.92 Å². The predicted octanol–water partition coefficient (Wildman–Crippen LogP) is 2.58. The average molecular weight is 297 g/mol. The van der Waals surface area contributed by atoms with Crippen LogP contribution in [0.3, 0.4) is 0 Å². The first-order valence-electron chi connectivity index (χ1n) is 7.68. The van der Waals surface area contributed by atoms with Gasteiger partial charge in [0, 0.05) is 17.2 Å². The van der Waals surface area contributed by atoms with Crippen molar-refractivity contribution in [2.75, 3.05) is 13.2 Å². The van der Waals surface area contributed by atoms with Crippen molar-refractivity contribution in [3.63, 3.8) is 0 Å². The zero-order chi connectivity index (χ0) is 13.9. The van der Waals surface area contributed by atoms with Gasteiger partial charge in [-0.25, -0.2) is 0 Å². The van der Waals surface area contributed by atoms with Gasteiger partial charge in [0.1, 0.15) is 0 Å². The number of nitrogens with zero attached hydrogens (tertiary/aromatic N) is 1. The standard InChI is InChI=1S/C15H23NO3S/c1-11-5-6-12-13(10-11)20-15(17)16(12)7-9-19-14-4-2-3-8-18-14/h11,14H,2-10H2,1H3. The summed E-state index contributed by atoms with van der Waals surface area (Å²) in [5.74, 6) is 0.709. The molecule has 1 aliphatic carbocycles. The van der Waals surface area contributed by atoms with Crippen LogP contribution >= 0.6 is 11.3 Å². The summed E-state index contributed by atoms with van der Waals surface area (Å²) in [6.45, 7) is 4.31. The van der Waals surface area contributed by atoms with E-state index in [1.165, 1.54) is 34.7 Å². The van der Waals surface area contributed by atoms with Crippen LogP contribution < -0.4 is 4.87 Å². The van der Waals surface area contributed by atoms with Crippen molar-refractivity contribution in [3.8, 4) is 0 Å². The zero-order valence-electron chi connectivity index (χ0n) is 12.1. The van der Waals surface area contributed by atoms with Crippen molar-refractivity contribution in [1.29, 1.82) is 0 Å². The van der Waals surface area contributed by atoms with Gasteiger partial charge in [-0.2, -0.15) is 0 Å². The minimum Gasteiger partial charge on any atom is -0.353 e. The number of fused-ring (bicyclic) bond motifs is 1. The summed E-state index contributed by atoms with van der Waals surface area (Å²) in [6, 6.07) is 0. The Kier molecular flexibility index (Phi) is 4.58. The molecule has 2 unspecified atom stereocenters. The van der Waals surface area contributed by atoms with Crippen molar-refractivity contribution < 1.29 is 9.47 Å². The van der Waals surface area contributed by atoms with E-state index in [0.29, 0.717) is 19.1 Å². The fourth-order valence-corrected chi connectivity index (χ4v) is 4.28. The fraction of sp³-hybridized carbons (Fsp3) is 0.800. The molecule has 1 fully saturated rings. The molecular formula is C15H23NO3S. The third-order valence-corrected chi connectivity index (χ3v) is 5.29. The van der Waals surface area contributed by atoms with Gasteiger partial charge in [-0.3, -0.25) is 4.79 Å². The van der Waals surface area contributed by atoms with Crippen LogP contribution in [0.5, 0.6) is 0 Å². The molecule has 4 nitrogen and oxygen atoms in total. The van der Waals surface area contributed by atoms with E-state index < -0.39 is 0 Å². The molecule has 5 heteroatoms. The summed E-state index contributed by atoms with van der Waals surface area (Å²) in [7, 11) is 0.